The summed E-state index contributed by atoms with van der Waals surface area (Å²) >= 11 is 0. The van der Waals surface area contributed by atoms with Crippen molar-refractivity contribution in [2.24, 2.45) is 10.9 Å². The van der Waals surface area contributed by atoms with E-state index in [0.29, 0.717) is 12.0 Å². The zero-order valence-electron chi connectivity index (χ0n) is 17.0. The van der Waals surface area contributed by atoms with Crippen molar-refractivity contribution in [2.45, 2.75) is 64.5 Å². The van der Waals surface area contributed by atoms with Crippen LogP contribution in [0.5, 0.6) is 0 Å². The zero-order valence-corrected chi connectivity index (χ0v) is 19.3. The van der Waals surface area contributed by atoms with Gasteiger partial charge in [0, 0.05) is 45.8 Å². The van der Waals surface area contributed by atoms with E-state index in [-0.39, 0.29) is 36.4 Å². The van der Waals surface area contributed by atoms with Gasteiger partial charge < -0.3 is 20.4 Å². The molecule has 6 nitrogen and oxygen atoms in total. The molecule has 0 atom stereocenters. The van der Waals surface area contributed by atoms with Gasteiger partial charge >= 0.3 is 0 Å². The molecule has 0 aromatic heterocycles. The van der Waals surface area contributed by atoms with E-state index in [4.69, 9.17) is 0 Å². The number of nitrogens with one attached hydrogen (secondary N) is 2. The monoisotopic (exact) mass is 479 g/mol. The van der Waals surface area contributed by atoms with Crippen molar-refractivity contribution in [1.29, 1.82) is 0 Å². The average Bonchev–Trinajstić information content (AvgIpc) is 3.12. The third kappa shape index (κ3) is 7.98. The Morgan fingerprint density at radius 1 is 1.15 bits per heavy atom. The highest BCUT2D eigenvalue weighted by Gasteiger charge is 2.27. The molecule has 1 heterocycles. The third-order valence-corrected chi connectivity index (χ3v) is 5.26. The van der Waals surface area contributed by atoms with Crippen LogP contribution in [0.1, 0.15) is 52.4 Å². The zero-order chi connectivity index (χ0) is 18.2. The van der Waals surface area contributed by atoms with E-state index in [2.05, 4.69) is 34.4 Å². The molecule has 2 aliphatic rings. The fraction of sp³-hybridized carbons (Fsp3) is 0.895. The van der Waals surface area contributed by atoms with Gasteiger partial charge in [0.2, 0.25) is 5.91 Å². The number of carbonyl (C=O) groups is 1. The summed E-state index contributed by atoms with van der Waals surface area (Å²) in [6, 6.07) is 1.27. The molecular weight excluding hydrogens is 441 g/mol. The summed E-state index contributed by atoms with van der Waals surface area (Å²) in [6.45, 7) is 7.77. The van der Waals surface area contributed by atoms with E-state index in [9.17, 15) is 4.79 Å². The fourth-order valence-corrected chi connectivity index (χ4v) is 3.61. The molecule has 1 amide bonds. The molecule has 1 aliphatic heterocycles. The van der Waals surface area contributed by atoms with E-state index >= 15 is 0 Å². The van der Waals surface area contributed by atoms with Crippen LogP contribution in [0, 0.1) is 5.92 Å². The van der Waals surface area contributed by atoms with Crippen LogP contribution in [-0.2, 0) is 4.79 Å². The molecule has 2 N–H and O–H groups in total. The Morgan fingerprint density at radius 2 is 1.77 bits per heavy atom. The molecule has 26 heavy (non-hydrogen) atoms. The Morgan fingerprint density at radius 3 is 2.31 bits per heavy atom. The lowest BCUT2D eigenvalue weighted by molar-refractivity contribution is -0.127. The number of likely N-dealkylation sites (N-methyl/N-ethyl adjacent to an activating group) is 1. The topological polar surface area (TPSA) is 60.0 Å². The first-order valence-corrected chi connectivity index (χ1v) is 9.94. The quantitative estimate of drug-likeness (QED) is 0.349. The lowest BCUT2D eigenvalue weighted by atomic mass is 10.0. The molecule has 1 saturated carbocycles. The number of guanidine groups is 1. The molecule has 1 saturated heterocycles. The molecule has 152 valence electrons. The summed E-state index contributed by atoms with van der Waals surface area (Å²) in [4.78, 5) is 20.6. The lowest BCUT2D eigenvalue weighted by Crippen LogP contribution is -2.51. The maximum atomic E-state index is 11.8. The van der Waals surface area contributed by atoms with Crippen molar-refractivity contribution in [1.82, 2.24) is 20.4 Å². The van der Waals surface area contributed by atoms with Crippen LogP contribution in [0.4, 0.5) is 0 Å². The second kappa shape index (κ2) is 12.0. The van der Waals surface area contributed by atoms with Gasteiger partial charge in [0.25, 0.3) is 0 Å². The standard InChI is InChI=1S/C19H37N5O.HI/c1-15(2)13-20-19(21-14-18(25)23(3)4)22-16-9-11-24(12-10-16)17-7-5-6-8-17;/h15-17H,5-14H2,1-4H3,(H2,20,21,22);1H. The number of hydrogen-bond acceptors (Lipinski definition) is 3. The first-order chi connectivity index (χ1) is 12.0. The van der Waals surface area contributed by atoms with Crippen molar-refractivity contribution < 1.29 is 4.79 Å². The number of aliphatic imine (C=N–C) groups is 1. The maximum Gasteiger partial charge on any atom is 0.243 e. The molecular formula is C19H38IN5O. The Balaban J connectivity index is 0.00000338. The molecule has 0 aromatic carbocycles. The van der Waals surface area contributed by atoms with E-state index in [0.717, 1.165) is 31.4 Å². The minimum atomic E-state index is 0. The fourth-order valence-electron chi connectivity index (χ4n) is 3.61. The van der Waals surface area contributed by atoms with Crippen molar-refractivity contribution >= 4 is 35.8 Å². The highest BCUT2D eigenvalue weighted by molar-refractivity contribution is 14.0. The largest absolute Gasteiger partial charge is 0.356 e. The van der Waals surface area contributed by atoms with Crippen LogP contribution in [0.25, 0.3) is 0 Å². The van der Waals surface area contributed by atoms with Crippen LogP contribution < -0.4 is 10.6 Å². The van der Waals surface area contributed by atoms with Crippen LogP contribution in [0.15, 0.2) is 4.99 Å². The number of amides is 1. The number of piperidine rings is 1. The van der Waals surface area contributed by atoms with Crippen molar-refractivity contribution in [3.8, 4) is 0 Å². The molecule has 1 aliphatic carbocycles. The highest BCUT2D eigenvalue weighted by Crippen LogP contribution is 2.26. The van der Waals surface area contributed by atoms with Crippen LogP contribution >= 0.6 is 24.0 Å². The lowest BCUT2D eigenvalue weighted by Gasteiger charge is -2.36. The summed E-state index contributed by atoms with van der Waals surface area (Å²) in [7, 11) is 3.54. The Hall–Kier alpha value is -0.570. The van der Waals surface area contributed by atoms with Gasteiger partial charge in [0.05, 0.1) is 0 Å². The average molecular weight is 479 g/mol. The molecule has 0 bridgehead atoms. The van der Waals surface area contributed by atoms with Gasteiger partial charge in [0.1, 0.15) is 6.54 Å². The van der Waals surface area contributed by atoms with Crippen LogP contribution in [0.2, 0.25) is 0 Å². The molecule has 0 unspecified atom stereocenters. The number of nitrogens with zero attached hydrogens (tertiary/aromatic N) is 3. The van der Waals surface area contributed by atoms with E-state index in [1.807, 2.05) is 0 Å². The summed E-state index contributed by atoms with van der Waals surface area (Å²) in [5, 5.41) is 6.94. The number of halogens is 1. The highest BCUT2D eigenvalue weighted by atomic mass is 127. The van der Waals surface area contributed by atoms with Crippen LogP contribution in [0.3, 0.4) is 0 Å². The summed E-state index contributed by atoms with van der Waals surface area (Å²) in [5.41, 5.74) is 0. The second-order valence-electron chi connectivity index (χ2n) is 8.12. The molecule has 0 aromatic rings. The van der Waals surface area contributed by atoms with Gasteiger partial charge in [-0.2, -0.15) is 0 Å². The van der Waals surface area contributed by atoms with Gasteiger partial charge in [-0.05, 0) is 31.6 Å². The van der Waals surface area contributed by atoms with Crippen molar-refractivity contribution in [3.05, 3.63) is 0 Å². The molecule has 2 fully saturated rings. The Kier molecular flexibility index (Phi) is 10.8. The normalized spacial score (nSPS) is 20.1. The minimum Gasteiger partial charge on any atom is -0.356 e. The summed E-state index contributed by atoms with van der Waals surface area (Å²) < 4.78 is 0. The Bertz CT molecular complexity index is 441. The van der Waals surface area contributed by atoms with E-state index in [1.54, 1.807) is 19.0 Å². The van der Waals surface area contributed by atoms with E-state index < -0.39 is 0 Å². The Labute approximate surface area is 176 Å². The molecule has 0 radical (unpaired) electrons. The van der Waals surface area contributed by atoms with Crippen molar-refractivity contribution in [3.63, 3.8) is 0 Å². The predicted molar refractivity (Wildman–Crippen MR) is 119 cm³/mol. The number of likely N-dealkylation sites (tertiary alicyclic amines) is 1. The number of hydrogen-bond donors (Lipinski definition) is 2. The van der Waals surface area contributed by atoms with Gasteiger partial charge in [-0.25, -0.2) is 4.99 Å². The van der Waals surface area contributed by atoms with E-state index in [1.165, 1.54) is 38.8 Å². The maximum absolute atomic E-state index is 11.8. The minimum absolute atomic E-state index is 0. The van der Waals surface area contributed by atoms with Gasteiger partial charge in [-0.3, -0.25) is 4.79 Å². The first kappa shape index (κ1) is 23.5. The van der Waals surface area contributed by atoms with Crippen molar-refractivity contribution in [2.75, 3.05) is 40.3 Å². The third-order valence-electron chi connectivity index (χ3n) is 5.26. The molecule has 2 rings (SSSR count). The smallest absolute Gasteiger partial charge is 0.243 e. The predicted octanol–water partition coefficient (Wildman–Crippen LogP) is 2.29. The van der Waals surface area contributed by atoms with Gasteiger partial charge in [-0.15, -0.1) is 24.0 Å². The van der Waals surface area contributed by atoms with Gasteiger partial charge in [0.15, 0.2) is 5.96 Å². The number of carbonyl (C=O) groups excluding carboxylic acids is 1. The molecule has 0 spiro atoms. The SMILES string of the molecule is CC(C)CNC(=NCC(=O)N(C)C)NC1CCN(C2CCCC2)CC1.I. The second-order valence-corrected chi connectivity index (χ2v) is 8.12. The van der Waals surface area contributed by atoms with Gasteiger partial charge in [-0.1, -0.05) is 26.7 Å². The summed E-state index contributed by atoms with van der Waals surface area (Å²) in [5.74, 6) is 1.35. The van der Waals surface area contributed by atoms with Crippen LogP contribution in [-0.4, -0.2) is 74.0 Å². The number of rotatable bonds is 6. The molecule has 7 heteroatoms. The first-order valence-electron chi connectivity index (χ1n) is 9.94. The summed E-state index contributed by atoms with van der Waals surface area (Å²) in [6.07, 6.45) is 7.87.